The molecule has 0 aliphatic heterocycles. The van der Waals surface area contributed by atoms with Gasteiger partial charge in [0.25, 0.3) is 0 Å². The zero-order valence-electron chi connectivity index (χ0n) is 74.9. The molecule has 0 radical (unpaired) electrons. The molecule has 0 saturated heterocycles. The Labute approximate surface area is 760 Å². The monoisotopic (exact) mass is 1870 g/mol. The Kier molecular flexibility index (Phi) is 50.4. The number of nitrogens with two attached hydrogens (primary N) is 6. The van der Waals surface area contributed by atoms with Crippen molar-refractivity contribution in [2.24, 2.45) is 46.2 Å². The molecule has 0 aliphatic rings. The lowest BCUT2D eigenvalue weighted by Gasteiger charge is -2.29. The summed E-state index contributed by atoms with van der Waals surface area (Å²) in [5.74, 6) is -23.6. The van der Waals surface area contributed by atoms with Gasteiger partial charge in [-0.25, -0.2) is 0 Å². The maximum absolute atomic E-state index is 14.5. The van der Waals surface area contributed by atoms with Crippen LogP contribution in [0.5, 0.6) is 5.75 Å². The highest BCUT2D eigenvalue weighted by molar-refractivity contribution is 6.02. The van der Waals surface area contributed by atoms with Gasteiger partial charge in [-0.2, -0.15) is 0 Å². The predicted molar refractivity (Wildman–Crippen MR) is 472 cm³/mol. The summed E-state index contributed by atoms with van der Waals surface area (Å²) in [5, 5.41) is 119. The van der Waals surface area contributed by atoms with Crippen LogP contribution in [0.4, 0.5) is 0 Å². The zero-order chi connectivity index (χ0) is 99.9. The molecular weight excluding hydrogens is 1740 g/mol. The molecule has 0 saturated carbocycles. The summed E-state index contributed by atoms with van der Waals surface area (Å²) in [6.45, 7) is 9.19. The van der Waals surface area contributed by atoms with E-state index >= 15 is 0 Å². The fraction of sp³-hybridized carbons (Fsp3) is 0.575. The molecule has 0 bridgehead atoms. The number of hydrogen-bond acceptors (Lipinski definition) is 27. The molecule has 0 aromatic heterocycles. The topological polar surface area (TPSA) is 882 Å². The van der Waals surface area contributed by atoms with Crippen LogP contribution in [0.2, 0.25) is 0 Å². The van der Waals surface area contributed by atoms with Gasteiger partial charge < -0.3 is 161 Å². The number of phenolic OH excluding ortho intramolecular Hbond substituents is 1. The number of guanidine groups is 3. The standard InChI is InChI=1S/C80H130N28O24/c1-10-37(3)60(63(83)118)106-66(121)41(7)96-72(127)52(32-55(81)113)103-69(124)49(22-17-29-92-80(88)89)100-68(123)47(20-15-27-90-78(84)85)98-57(115)35-94-76(131)62(43(9)111)108-70(125)48(21-16-28-91-79(86)87)99-56(114)34-93-67(122)54(36-109)105-65(120)40(6)97-77(132)61(38(4)11-2)107-74(129)51(30-44-18-13-12-14-19-44)102-73(128)53(33-58(116)117)101-64(119)39(5)95-71(126)50(104-75(130)59(82)42(8)110)31-45-23-25-46(112)26-24-45/h12-14,18-19,23-26,37-43,47-54,59-62,109-112H,10-11,15-17,20-22,27-36,82H2,1-9H3,(H2,81,113)(H2,83,118)(H,93,122)(H,94,131)(H,95,126)(H,96,127)(H,97,132)(H,98,115)(H,99,114)(H,100,123)(H,101,119)(H,102,128)(H,103,124)(H,104,130)(H,105,120)(H,106,121)(H,107,129)(H,108,125)(H,116,117)(H4,84,85,90)(H4,86,87,91)(H4,88,89,92)/t37-,38-,39-,40-,41-,42+,43+,47-,48-,49-,50-,51-,52-,53-,54-,59-,60-,61-,62-/m0/s1. The minimum absolute atomic E-state index is 0.0108. The molecule has 52 heteroatoms. The van der Waals surface area contributed by atoms with Crippen LogP contribution < -0.4 is 135 Å². The van der Waals surface area contributed by atoms with Gasteiger partial charge in [0.15, 0.2) is 17.9 Å². The molecule has 0 spiro atoms. The van der Waals surface area contributed by atoms with Crippen molar-refractivity contribution in [3.63, 3.8) is 0 Å². The number of carbonyl (C=O) groups excluding carboxylic acids is 18. The van der Waals surface area contributed by atoms with Gasteiger partial charge in [0.2, 0.25) is 106 Å². The second-order valence-electron chi connectivity index (χ2n) is 31.3. The number of carbonyl (C=O) groups is 19. The molecule has 52 nitrogen and oxygen atoms in total. The molecule has 2 aromatic rings. The smallest absolute Gasteiger partial charge is 0.305 e. The summed E-state index contributed by atoms with van der Waals surface area (Å²) >= 11 is 0. The van der Waals surface area contributed by atoms with Crippen molar-refractivity contribution in [3.05, 3.63) is 65.7 Å². The van der Waals surface area contributed by atoms with Crippen LogP contribution in [-0.2, 0) is 104 Å². The molecule has 132 heavy (non-hydrogen) atoms. The molecule has 39 N–H and O–H groups in total. The van der Waals surface area contributed by atoms with Gasteiger partial charge in [0.1, 0.15) is 96.4 Å². The number of aliphatic hydroxyl groups excluding tert-OH is 3. The Hall–Kier alpha value is -14.2. The van der Waals surface area contributed by atoms with E-state index in [4.69, 9.17) is 50.6 Å². The fourth-order valence-electron chi connectivity index (χ4n) is 12.2. The minimum atomic E-state index is -1.94. The number of aromatic hydroxyl groups is 1. The van der Waals surface area contributed by atoms with Crippen LogP contribution in [-0.4, -0.2) is 298 Å². The van der Waals surface area contributed by atoms with Crippen molar-refractivity contribution >= 4 is 130 Å². The second-order valence-corrected chi connectivity index (χ2v) is 31.3. The molecule has 0 unspecified atom stereocenters. The largest absolute Gasteiger partial charge is 0.508 e. The number of primary amides is 2. The van der Waals surface area contributed by atoms with Crippen LogP contribution in [0.3, 0.4) is 0 Å². The van der Waals surface area contributed by atoms with Crippen molar-refractivity contribution in [2.45, 2.75) is 242 Å². The molecule has 0 heterocycles. The minimum Gasteiger partial charge on any atom is -0.508 e. The number of aliphatic carboxylic acids is 1. The van der Waals surface area contributed by atoms with E-state index in [2.05, 4.69) is 101 Å². The molecule has 19 atom stereocenters. The van der Waals surface area contributed by atoms with Gasteiger partial charge in [-0.3, -0.25) is 107 Å². The maximum Gasteiger partial charge on any atom is 0.305 e. The van der Waals surface area contributed by atoms with E-state index in [1.165, 1.54) is 45.0 Å². The summed E-state index contributed by atoms with van der Waals surface area (Å²) in [4.78, 5) is 258. The SMILES string of the molecule is CC[C@H](C)[C@H](NC(=O)[C@H](C)NC(=O)[C@H](CC(N)=O)NC(=O)[C@H](CCCNC(=N)N)NC(=O)[C@H](CCCNC(=N)N)NC(=O)CNC(=O)[C@@H](NC(=O)[C@H](CCCNC(=N)N)NC(=O)CNC(=O)[C@H](CO)NC(=O)[C@H](C)NC(=O)[C@@H](NC(=O)[C@H](Cc1ccccc1)NC(=O)[C@H](CC(=O)O)NC(=O)[C@H](C)NC(=O)[C@H](Cc1ccc(O)cc1)NC(=O)[C@@H](N)[C@@H](C)O)[C@@H](C)CC)[C@@H](C)O)C(N)=O. The number of carboxylic acid groups (broad SMARTS) is 1. The number of amides is 18. The predicted octanol–water partition coefficient (Wildman–Crippen LogP) is -11.9. The maximum atomic E-state index is 14.5. The quantitative estimate of drug-likeness (QED) is 0.0166. The summed E-state index contributed by atoms with van der Waals surface area (Å²) in [6.07, 6.45) is -5.85. The Morgan fingerprint density at radius 1 is 0.356 bits per heavy atom. The van der Waals surface area contributed by atoms with Crippen LogP contribution >= 0.6 is 0 Å². The number of benzene rings is 2. The van der Waals surface area contributed by atoms with E-state index < -0.39 is 277 Å². The summed E-state index contributed by atoms with van der Waals surface area (Å²) < 4.78 is 0. The number of nitrogens with one attached hydrogen (secondary N) is 22. The fourth-order valence-corrected chi connectivity index (χ4v) is 12.2. The van der Waals surface area contributed by atoms with Crippen molar-refractivity contribution in [3.8, 4) is 5.75 Å². The Morgan fingerprint density at radius 3 is 1.12 bits per heavy atom. The Balaban J connectivity index is 2.34. The van der Waals surface area contributed by atoms with Crippen molar-refractivity contribution in [2.75, 3.05) is 39.3 Å². The number of rotatable bonds is 60. The van der Waals surface area contributed by atoms with Crippen molar-refractivity contribution in [1.82, 2.24) is 101 Å². The molecule has 0 fully saturated rings. The molecule has 18 amide bonds. The van der Waals surface area contributed by atoms with Crippen molar-refractivity contribution in [1.29, 1.82) is 16.2 Å². The Bertz CT molecular complexity index is 4320. The lowest BCUT2D eigenvalue weighted by Crippen LogP contribution is -2.61. The first-order valence-electron chi connectivity index (χ1n) is 42.3. The normalized spacial score (nSPS) is 15.2. The highest BCUT2D eigenvalue weighted by Gasteiger charge is 2.39. The van der Waals surface area contributed by atoms with Gasteiger partial charge >= 0.3 is 5.97 Å². The number of phenols is 1. The average molecular weight is 1870 g/mol. The molecule has 2 aromatic carbocycles. The second kappa shape index (κ2) is 58.4. The van der Waals surface area contributed by atoms with Gasteiger partial charge in [-0.15, -0.1) is 0 Å². The average Bonchev–Trinajstić information content (AvgIpc) is 0.820. The van der Waals surface area contributed by atoms with Crippen LogP contribution in [0.25, 0.3) is 0 Å². The molecule has 2 rings (SSSR count). The lowest BCUT2D eigenvalue weighted by molar-refractivity contribution is -0.141. The first-order valence-corrected chi connectivity index (χ1v) is 42.3. The molecular formula is C80H130N28O24. The van der Waals surface area contributed by atoms with Crippen LogP contribution in [0.15, 0.2) is 54.6 Å². The molecule has 734 valence electrons. The van der Waals surface area contributed by atoms with Gasteiger partial charge in [-0.1, -0.05) is 83.0 Å². The van der Waals surface area contributed by atoms with Crippen LogP contribution in [0, 0.1) is 28.1 Å². The van der Waals surface area contributed by atoms with Crippen molar-refractivity contribution < 1.29 is 117 Å². The summed E-state index contributed by atoms with van der Waals surface area (Å²) in [6, 6.07) is -10.6. The van der Waals surface area contributed by atoms with Gasteiger partial charge in [0, 0.05) is 32.5 Å². The number of carboxylic acids is 1. The first kappa shape index (κ1) is 114. The van der Waals surface area contributed by atoms with Gasteiger partial charge in [0.05, 0.1) is 44.7 Å². The Morgan fingerprint density at radius 2 is 0.697 bits per heavy atom. The van der Waals surface area contributed by atoms with Gasteiger partial charge in [-0.05, 0) is 108 Å². The van der Waals surface area contributed by atoms with E-state index in [0.717, 1.165) is 13.8 Å². The van der Waals surface area contributed by atoms with E-state index in [9.17, 15) is 117 Å². The zero-order valence-corrected chi connectivity index (χ0v) is 74.9. The third-order valence-corrected chi connectivity index (χ3v) is 20.3. The number of hydrogen-bond donors (Lipinski definition) is 33. The highest BCUT2D eigenvalue weighted by atomic mass is 16.4. The van der Waals surface area contributed by atoms with E-state index in [1.54, 1.807) is 58.0 Å². The first-order chi connectivity index (χ1) is 61.9. The summed E-state index contributed by atoms with van der Waals surface area (Å²) in [7, 11) is 0. The lowest BCUT2D eigenvalue weighted by atomic mass is 9.96. The van der Waals surface area contributed by atoms with Crippen LogP contribution in [0.1, 0.15) is 138 Å². The highest BCUT2D eigenvalue weighted by Crippen LogP contribution is 2.16. The third-order valence-electron chi connectivity index (χ3n) is 20.3. The summed E-state index contributed by atoms with van der Waals surface area (Å²) in [5.41, 5.74) is 33.9. The molecule has 0 aliphatic carbocycles. The number of aliphatic hydroxyl groups is 3. The van der Waals surface area contributed by atoms with E-state index in [1.807, 2.05) is 0 Å². The van der Waals surface area contributed by atoms with E-state index in [0.29, 0.717) is 17.5 Å². The van der Waals surface area contributed by atoms with E-state index in [-0.39, 0.29) is 83.2 Å². The third kappa shape index (κ3) is 42.8.